The lowest BCUT2D eigenvalue weighted by atomic mass is 10.00. The molecule has 2 aromatic carbocycles. The topological polar surface area (TPSA) is 107 Å². The van der Waals surface area contributed by atoms with E-state index in [1.807, 2.05) is 12.1 Å². The molecule has 1 fully saturated rings. The molecule has 0 atom stereocenters. The second-order valence-electron chi connectivity index (χ2n) is 9.40. The van der Waals surface area contributed by atoms with Crippen LogP contribution >= 0.6 is 0 Å². The first-order chi connectivity index (χ1) is 18.0. The van der Waals surface area contributed by atoms with Gasteiger partial charge in [-0.05, 0) is 74.1 Å². The van der Waals surface area contributed by atoms with Crippen LogP contribution < -0.4 is 15.6 Å². The molecule has 1 aliphatic rings. The fraction of sp³-hybridized carbons (Fsp3) is 0.296. The van der Waals surface area contributed by atoms with E-state index in [-0.39, 0.29) is 5.82 Å². The lowest BCUT2D eigenvalue weighted by molar-refractivity contribution is 0.434. The molecule has 0 radical (unpaired) electrons. The molecule has 0 spiro atoms. The van der Waals surface area contributed by atoms with Crippen molar-refractivity contribution < 1.29 is 4.39 Å². The smallest absolute Gasteiger partial charge is 0.250 e. The molecule has 190 valence electrons. The highest BCUT2D eigenvalue weighted by Gasteiger charge is 2.20. The number of aromatic nitrogens is 5. The maximum Gasteiger partial charge on any atom is 0.250 e. The Bertz CT molecular complexity index is 1390. The minimum Gasteiger partial charge on any atom is -0.341 e. The standard InChI is InChI=1S/C27H30FN9/c1-17-11-13-37(14-12-17)27-33-25(31-23-6-4-5-18(2)19(23)3)32-26(34-27)36-30-16-21-15-29-35-24(21)20-7-9-22(28)10-8-20/h4-10,15-17H,11-14H2,1-3H3,(H,29,35)(H2,31,32,33,34,36). The van der Waals surface area contributed by atoms with Crippen LogP contribution in [-0.2, 0) is 0 Å². The third-order valence-electron chi connectivity index (χ3n) is 6.71. The number of piperidine rings is 1. The summed E-state index contributed by atoms with van der Waals surface area (Å²) in [6.07, 6.45) is 5.48. The van der Waals surface area contributed by atoms with Crippen molar-refractivity contribution in [1.29, 1.82) is 0 Å². The van der Waals surface area contributed by atoms with Crippen molar-refractivity contribution >= 4 is 29.7 Å². The number of hydrogen-bond acceptors (Lipinski definition) is 8. The van der Waals surface area contributed by atoms with Crippen LogP contribution in [0.5, 0.6) is 0 Å². The highest BCUT2D eigenvalue weighted by atomic mass is 19.1. The molecule has 9 nitrogen and oxygen atoms in total. The van der Waals surface area contributed by atoms with Gasteiger partial charge in [0.05, 0.1) is 18.1 Å². The number of benzene rings is 2. The molecule has 10 heteroatoms. The molecule has 37 heavy (non-hydrogen) atoms. The van der Waals surface area contributed by atoms with E-state index in [9.17, 15) is 4.39 Å². The van der Waals surface area contributed by atoms with Gasteiger partial charge in [0.1, 0.15) is 5.82 Å². The Balaban J connectivity index is 1.40. The second-order valence-corrected chi connectivity index (χ2v) is 9.40. The largest absolute Gasteiger partial charge is 0.341 e. The van der Waals surface area contributed by atoms with Gasteiger partial charge in [0, 0.05) is 29.9 Å². The number of halogens is 1. The summed E-state index contributed by atoms with van der Waals surface area (Å²) < 4.78 is 13.3. The van der Waals surface area contributed by atoms with Gasteiger partial charge < -0.3 is 10.2 Å². The van der Waals surface area contributed by atoms with Crippen LogP contribution in [0.4, 0.5) is 27.9 Å². The fourth-order valence-electron chi connectivity index (χ4n) is 4.23. The van der Waals surface area contributed by atoms with Crippen molar-refractivity contribution in [2.75, 3.05) is 28.7 Å². The van der Waals surface area contributed by atoms with Crippen LogP contribution in [0.2, 0.25) is 0 Å². The van der Waals surface area contributed by atoms with Gasteiger partial charge in [0.25, 0.3) is 0 Å². The number of nitrogens with zero attached hydrogens (tertiary/aromatic N) is 6. The van der Waals surface area contributed by atoms with Crippen molar-refractivity contribution in [1.82, 2.24) is 25.1 Å². The lowest BCUT2D eigenvalue weighted by Gasteiger charge is -2.30. The lowest BCUT2D eigenvalue weighted by Crippen LogP contribution is -2.34. The molecule has 1 aliphatic heterocycles. The van der Waals surface area contributed by atoms with E-state index in [0.29, 0.717) is 23.8 Å². The van der Waals surface area contributed by atoms with Gasteiger partial charge in [0.15, 0.2) is 0 Å². The van der Waals surface area contributed by atoms with Crippen LogP contribution in [-0.4, -0.2) is 44.5 Å². The fourth-order valence-corrected chi connectivity index (χ4v) is 4.23. The van der Waals surface area contributed by atoms with E-state index < -0.39 is 0 Å². The molecule has 0 aliphatic carbocycles. The van der Waals surface area contributed by atoms with E-state index in [4.69, 9.17) is 4.98 Å². The third-order valence-corrected chi connectivity index (χ3v) is 6.71. The second kappa shape index (κ2) is 10.7. The van der Waals surface area contributed by atoms with Gasteiger partial charge in [-0.25, -0.2) is 9.82 Å². The molecule has 1 saturated heterocycles. The zero-order valence-corrected chi connectivity index (χ0v) is 21.2. The summed E-state index contributed by atoms with van der Waals surface area (Å²) >= 11 is 0. The third kappa shape index (κ3) is 5.74. The van der Waals surface area contributed by atoms with Gasteiger partial charge >= 0.3 is 0 Å². The maximum atomic E-state index is 13.3. The highest BCUT2D eigenvalue weighted by Crippen LogP contribution is 2.25. The SMILES string of the molecule is Cc1cccc(Nc2nc(NN=Cc3cn[nH]c3-c3ccc(F)cc3)nc(N3CCC(C)CC3)n2)c1C. The number of aryl methyl sites for hydroxylation is 1. The Kier molecular flexibility index (Phi) is 7.07. The molecule has 3 N–H and O–H groups in total. The van der Waals surface area contributed by atoms with Crippen LogP contribution in [0.1, 0.15) is 36.5 Å². The van der Waals surface area contributed by atoms with Crippen molar-refractivity contribution in [3.8, 4) is 11.3 Å². The van der Waals surface area contributed by atoms with Gasteiger partial charge in [-0.3, -0.25) is 5.10 Å². The Morgan fingerprint density at radius 2 is 1.78 bits per heavy atom. The first kappa shape index (κ1) is 24.4. The molecule has 0 amide bonds. The van der Waals surface area contributed by atoms with Crippen LogP contribution in [0.15, 0.2) is 53.8 Å². The summed E-state index contributed by atoms with van der Waals surface area (Å²) in [5.74, 6) is 1.80. The molecule has 0 saturated carbocycles. The van der Waals surface area contributed by atoms with Gasteiger partial charge in [-0.2, -0.15) is 25.2 Å². The van der Waals surface area contributed by atoms with Crippen LogP contribution in [0, 0.1) is 25.6 Å². The molecular formula is C27H30FN9. The van der Waals surface area contributed by atoms with Crippen LogP contribution in [0.3, 0.4) is 0 Å². The Labute approximate surface area is 215 Å². The van der Waals surface area contributed by atoms with Crippen molar-refractivity contribution in [2.24, 2.45) is 11.0 Å². The highest BCUT2D eigenvalue weighted by molar-refractivity contribution is 5.88. The number of rotatable bonds is 7. The van der Waals surface area contributed by atoms with Gasteiger partial charge in [-0.1, -0.05) is 19.1 Å². The molecule has 3 heterocycles. The molecule has 2 aromatic heterocycles. The summed E-state index contributed by atoms with van der Waals surface area (Å²) in [7, 11) is 0. The molecular weight excluding hydrogens is 469 g/mol. The zero-order valence-electron chi connectivity index (χ0n) is 21.2. The van der Waals surface area contributed by atoms with Crippen molar-refractivity contribution in [3.05, 3.63) is 71.2 Å². The summed E-state index contributed by atoms with van der Waals surface area (Å²) in [4.78, 5) is 16.1. The predicted molar refractivity (Wildman–Crippen MR) is 145 cm³/mol. The zero-order chi connectivity index (χ0) is 25.8. The summed E-state index contributed by atoms with van der Waals surface area (Å²) in [6, 6.07) is 12.3. The monoisotopic (exact) mass is 499 g/mol. The van der Waals surface area contributed by atoms with Gasteiger partial charge in [0.2, 0.25) is 17.8 Å². The number of H-pyrrole nitrogens is 1. The number of anilines is 4. The first-order valence-electron chi connectivity index (χ1n) is 12.4. The van der Waals surface area contributed by atoms with Gasteiger partial charge in [-0.15, -0.1) is 0 Å². The molecule has 4 aromatic rings. The minimum absolute atomic E-state index is 0.292. The van der Waals surface area contributed by atoms with Crippen molar-refractivity contribution in [2.45, 2.75) is 33.6 Å². The van der Waals surface area contributed by atoms with Crippen LogP contribution in [0.25, 0.3) is 11.3 Å². The number of hydrazone groups is 1. The average Bonchev–Trinajstić information content (AvgIpc) is 3.36. The average molecular weight is 500 g/mol. The molecule has 5 rings (SSSR count). The minimum atomic E-state index is -0.292. The molecule has 0 bridgehead atoms. The summed E-state index contributed by atoms with van der Waals surface area (Å²) in [5.41, 5.74) is 8.50. The first-order valence-corrected chi connectivity index (χ1v) is 12.4. The molecule has 0 unspecified atom stereocenters. The maximum absolute atomic E-state index is 13.3. The summed E-state index contributed by atoms with van der Waals surface area (Å²) in [5, 5.41) is 14.8. The Morgan fingerprint density at radius 3 is 2.57 bits per heavy atom. The van der Waals surface area contributed by atoms with E-state index in [1.54, 1.807) is 24.5 Å². The number of hydrogen-bond donors (Lipinski definition) is 3. The number of nitrogens with one attached hydrogen (secondary N) is 3. The Morgan fingerprint density at radius 1 is 1.03 bits per heavy atom. The van der Waals surface area contributed by atoms with Crippen molar-refractivity contribution in [3.63, 3.8) is 0 Å². The van der Waals surface area contributed by atoms with E-state index in [2.05, 4.69) is 67.7 Å². The quantitative estimate of drug-likeness (QED) is 0.229. The normalized spacial score (nSPS) is 14.3. The Hall–Kier alpha value is -4.34. The predicted octanol–water partition coefficient (Wildman–Crippen LogP) is 5.44. The van der Waals surface area contributed by atoms with E-state index in [0.717, 1.165) is 54.0 Å². The number of aromatic amines is 1. The van der Waals surface area contributed by atoms with E-state index in [1.165, 1.54) is 17.7 Å². The summed E-state index contributed by atoms with van der Waals surface area (Å²) in [6.45, 7) is 8.21. The van der Waals surface area contributed by atoms with E-state index >= 15 is 0 Å².